The lowest BCUT2D eigenvalue weighted by atomic mass is 10.2. The summed E-state index contributed by atoms with van der Waals surface area (Å²) in [4.78, 5) is 14.9. The molecule has 2 rings (SSSR count). The number of hydrogen-bond donors (Lipinski definition) is 1. The van der Waals surface area contributed by atoms with Crippen LogP contribution in [0, 0.1) is 12.3 Å². The second kappa shape index (κ2) is 7.81. The van der Waals surface area contributed by atoms with Gasteiger partial charge < -0.3 is 4.90 Å². The number of nitrogens with one attached hydrogen (secondary N) is 1. The first kappa shape index (κ1) is 18.5. The molecule has 1 aromatic heterocycles. The minimum Gasteiger partial charge on any atom is -0.337 e. The number of thiophene rings is 1. The van der Waals surface area contributed by atoms with Crippen LogP contribution in [0.15, 0.2) is 41.3 Å². The van der Waals surface area contributed by atoms with Crippen LogP contribution < -0.4 is 4.72 Å². The Bertz CT molecular complexity index is 885. The van der Waals surface area contributed by atoms with Crippen molar-refractivity contribution in [1.29, 1.82) is 0 Å². The van der Waals surface area contributed by atoms with Gasteiger partial charge in [-0.05, 0) is 30.3 Å². The molecule has 126 valence electrons. The lowest BCUT2D eigenvalue weighted by molar-refractivity contribution is 0.0786. The van der Waals surface area contributed by atoms with E-state index >= 15 is 0 Å². The minimum atomic E-state index is -3.74. The normalized spacial score (nSPS) is 11.0. The third kappa shape index (κ3) is 4.58. The third-order valence-electron chi connectivity index (χ3n) is 3.12. The maximum atomic E-state index is 12.5. The van der Waals surface area contributed by atoms with Gasteiger partial charge in [0.2, 0.25) is 10.0 Å². The van der Waals surface area contributed by atoms with Crippen LogP contribution in [-0.4, -0.2) is 32.8 Å². The molecule has 0 fully saturated rings. The standard InChI is InChI=1S/C16H15ClN2O3S2/c1-3-9-18-24(21,22)14-6-4-5-12(10-14)16(20)19(2)11-13-7-8-15(17)23-13/h1,4-8,10,18H,9,11H2,2H3. The van der Waals surface area contributed by atoms with Gasteiger partial charge in [0.25, 0.3) is 5.91 Å². The van der Waals surface area contributed by atoms with Gasteiger partial charge in [0, 0.05) is 17.5 Å². The molecule has 0 atom stereocenters. The zero-order valence-corrected chi connectivity index (χ0v) is 15.2. The molecule has 1 heterocycles. The van der Waals surface area contributed by atoms with Gasteiger partial charge in [0.15, 0.2) is 0 Å². The first-order valence-electron chi connectivity index (χ1n) is 6.86. The molecule has 1 N–H and O–H groups in total. The quantitative estimate of drug-likeness (QED) is 0.781. The summed E-state index contributed by atoms with van der Waals surface area (Å²) in [6, 6.07) is 9.45. The van der Waals surface area contributed by atoms with Crippen LogP contribution in [0.2, 0.25) is 4.34 Å². The van der Waals surface area contributed by atoms with Crippen molar-refractivity contribution in [2.24, 2.45) is 0 Å². The molecular weight excluding hydrogens is 368 g/mol. The molecule has 0 aliphatic rings. The minimum absolute atomic E-state index is 0.00355. The van der Waals surface area contributed by atoms with Crippen LogP contribution in [0.3, 0.4) is 0 Å². The van der Waals surface area contributed by atoms with Gasteiger partial charge in [-0.3, -0.25) is 4.79 Å². The second-order valence-electron chi connectivity index (χ2n) is 4.92. The maximum Gasteiger partial charge on any atom is 0.253 e. The first-order chi connectivity index (χ1) is 11.3. The third-order valence-corrected chi connectivity index (χ3v) is 5.74. The Hall–Kier alpha value is -1.85. The first-order valence-corrected chi connectivity index (χ1v) is 9.54. The average Bonchev–Trinajstić information content (AvgIpc) is 2.97. The number of hydrogen-bond acceptors (Lipinski definition) is 4. The number of carbonyl (C=O) groups is 1. The van der Waals surface area contributed by atoms with E-state index in [1.54, 1.807) is 19.2 Å². The number of halogens is 1. The van der Waals surface area contributed by atoms with Crippen LogP contribution in [0.5, 0.6) is 0 Å². The lowest BCUT2D eigenvalue weighted by Gasteiger charge is -2.16. The van der Waals surface area contributed by atoms with E-state index in [0.717, 1.165) is 4.88 Å². The predicted molar refractivity (Wildman–Crippen MR) is 95.6 cm³/mol. The number of terminal acetylenes is 1. The van der Waals surface area contributed by atoms with Gasteiger partial charge >= 0.3 is 0 Å². The molecule has 5 nitrogen and oxygen atoms in total. The maximum absolute atomic E-state index is 12.5. The van der Waals surface area contributed by atoms with Gasteiger partial charge in [0.1, 0.15) is 0 Å². The number of sulfonamides is 1. The number of amides is 1. The Morgan fingerprint density at radius 3 is 2.75 bits per heavy atom. The fourth-order valence-corrected chi connectivity index (χ4v) is 4.10. The van der Waals surface area contributed by atoms with Gasteiger partial charge in [0.05, 0.1) is 22.3 Å². The molecule has 0 aliphatic heterocycles. The van der Waals surface area contributed by atoms with Crippen molar-refractivity contribution in [2.75, 3.05) is 13.6 Å². The molecule has 0 saturated heterocycles. The Balaban J connectivity index is 2.18. The van der Waals surface area contributed by atoms with E-state index in [9.17, 15) is 13.2 Å². The Kier molecular flexibility index (Phi) is 6.02. The van der Waals surface area contributed by atoms with Crippen molar-refractivity contribution >= 4 is 38.9 Å². The molecule has 24 heavy (non-hydrogen) atoms. The molecule has 1 aromatic carbocycles. The zero-order chi connectivity index (χ0) is 17.7. The fourth-order valence-electron chi connectivity index (χ4n) is 1.98. The Morgan fingerprint density at radius 1 is 1.38 bits per heavy atom. The lowest BCUT2D eigenvalue weighted by Crippen LogP contribution is -2.27. The van der Waals surface area contributed by atoms with E-state index in [2.05, 4.69) is 10.6 Å². The summed E-state index contributed by atoms with van der Waals surface area (Å²) in [5.74, 6) is 1.92. The SMILES string of the molecule is C#CCNS(=O)(=O)c1cccc(C(=O)N(C)Cc2ccc(Cl)s2)c1. The van der Waals surface area contributed by atoms with E-state index in [1.165, 1.54) is 34.4 Å². The van der Waals surface area contributed by atoms with E-state index < -0.39 is 10.0 Å². The summed E-state index contributed by atoms with van der Waals surface area (Å²) >= 11 is 7.27. The second-order valence-corrected chi connectivity index (χ2v) is 8.49. The highest BCUT2D eigenvalue weighted by Gasteiger charge is 2.18. The fraction of sp³-hybridized carbons (Fsp3) is 0.188. The summed E-state index contributed by atoms with van der Waals surface area (Å²) in [5.41, 5.74) is 0.281. The number of rotatable bonds is 6. The highest BCUT2D eigenvalue weighted by atomic mass is 35.5. The smallest absolute Gasteiger partial charge is 0.253 e. The van der Waals surface area contributed by atoms with Crippen LogP contribution in [0.25, 0.3) is 0 Å². The van der Waals surface area contributed by atoms with E-state index in [-0.39, 0.29) is 22.9 Å². The number of carbonyl (C=O) groups excluding carboxylic acids is 1. The topological polar surface area (TPSA) is 66.5 Å². The summed E-state index contributed by atoms with van der Waals surface area (Å²) in [5, 5.41) is 0. The molecular formula is C16H15ClN2O3S2. The van der Waals surface area contributed by atoms with Gasteiger partial charge in [-0.2, -0.15) is 4.72 Å². The molecule has 8 heteroatoms. The van der Waals surface area contributed by atoms with E-state index in [0.29, 0.717) is 10.9 Å². The van der Waals surface area contributed by atoms with E-state index in [1.807, 2.05) is 6.07 Å². The van der Waals surface area contributed by atoms with E-state index in [4.69, 9.17) is 18.0 Å². The van der Waals surface area contributed by atoms with Crippen LogP contribution in [-0.2, 0) is 16.6 Å². The van der Waals surface area contributed by atoms with Crippen molar-refractivity contribution in [3.8, 4) is 12.3 Å². The predicted octanol–water partition coefficient (Wildman–Crippen LogP) is 2.59. The molecule has 0 unspecified atom stereocenters. The molecule has 0 bridgehead atoms. The van der Waals surface area contributed by atoms with Gasteiger partial charge in [-0.15, -0.1) is 17.8 Å². The van der Waals surface area contributed by atoms with Crippen LogP contribution >= 0.6 is 22.9 Å². The van der Waals surface area contributed by atoms with Crippen LogP contribution in [0.1, 0.15) is 15.2 Å². The molecule has 0 radical (unpaired) electrons. The highest BCUT2D eigenvalue weighted by Crippen LogP contribution is 2.23. The number of benzene rings is 1. The molecule has 2 aromatic rings. The zero-order valence-electron chi connectivity index (χ0n) is 12.8. The summed E-state index contributed by atoms with van der Waals surface area (Å²) in [6.45, 7) is 0.280. The molecule has 0 saturated carbocycles. The van der Waals surface area contributed by atoms with Crippen molar-refractivity contribution in [2.45, 2.75) is 11.4 Å². The molecule has 0 aliphatic carbocycles. The van der Waals surface area contributed by atoms with Gasteiger partial charge in [-0.1, -0.05) is 23.6 Å². The van der Waals surface area contributed by atoms with Gasteiger partial charge in [-0.25, -0.2) is 8.42 Å². The summed E-state index contributed by atoms with van der Waals surface area (Å²) in [7, 11) is -2.09. The van der Waals surface area contributed by atoms with Crippen molar-refractivity contribution in [3.05, 3.63) is 51.2 Å². The molecule has 1 amide bonds. The van der Waals surface area contributed by atoms with Crippen LogP contribution in [0.4, 0.5) is 0 Å². The Morgan fingerprint density at radius 2 is 2.12 bits per heavy atom. The summed E-state index contributed by atoms with van der Waals surface area (Å²) in [6.07, 6.45) is 5.06. The van der Waals surface area contributed by atoms with Crippen molar-refractivity contribution < 1.29 is 13.2 Å². The largest absolute Gasteiger partial charge is 0.337 e. The monoisotopic (exact) mass is 382 g/mol. The highest BCUT2D eigenvalue weighted by molar-refractivity contribution is 7.89. The molecule has 0 spiro atoms. The average molecular weight is 383 g/mol. The van der Waals surface area contributed by atoms with Crippen molar-refractivity contribution in [1.82, 2.24) is 9.62 Å². The van der Waals surface area contributed by atoms with Crippen molar-refractivity contribution in [3.63, 3.8) is 0 Å². The Labute approximate surface area is 150 Å². The number of nitrogens with zero attached hydrogens (tertiary/aromatic N) is 1. The summed E-state index contributed by atoms with van der Waals surface area (Å²) < 4.78 is 27.1.